The number of hydrogen-bond donors (Lipinski definition) is 1. The molecule has 20 heavy (non-hydrogen) atoms. The number of aryl methyl sites for hydroxylation is 2. The summed E-state index contributed by atoms with van der Waals surface area (Å²) in [6.07, 6.45) is 6.61. The van der Waals surface area contributed by atoms with Gasteiger partial charge in [-0.2, -0.15) is 0 Å². The van der Waals surface area contributed by atoms with Crippen molar-refractivity contribution in [1.82, 2.24) is 15.3 Å². The molecule has 0 aliphatic heterocycles. The number of hydrogen-bond acceptors (Lipinski definition) is 4. The minimum atomic E-state index is 0.494. The smallest absolute Gasteiger partial charge is 0.142 e. The van der Waals surface area contributed by atoms with Gasteiger partial charge in [-0.3, -0.25) is 4.98 Å². The Morgan fingerprint density at radius 3 is 3.15 bits per heavy atom. The first-order valence-corrected chi connectivity index (χ1v) is 8.26. The summed E-state index contributed by atoms with van der Waals surface area (Å²) in [5, 5.41) is 4.74. The zero-order valence-electron chi connectivity index (χ0n) is 12.1. The molecule has 0 bridgehead atoms. The average molecular weight is 287 g/mol. The van der Waals surface area contributed by atoms with Crippen molar-refractivity contribution in [1.29, 1.82) is 0 Å². The number of nitrogens with zero attached hydrogens (tertiary/aromatic N) is 2. The largest absolute Gasteiger partial charge is 0.309 e. The highest BCUT2D eigenvalue weighted by Gasteiger charge is 2.25. The topological polar surface area (TPSA) is 37.8 Å². The fraction of sp³-hybridized carbons (Fsp3) is 0.500. The Bertz CT molecular complexity index is 591. The Hall–Kier alpha value is -1.26. The molecule has 0 fully saturated rings. The molecule has 1 N–H and O–H groups in total. The number of pyridine rings is 1. The number of thiazole rings is 1. The first kappa shape index (κ1) is 13.7. The van der Waals surface area contributed by atoms with Crippen LogP contribution in [-0.2, 0) is 6.42 Å². The minimum absolute atomic E-state index is 0.494. The minimum Gasteiger partial charge on any atom is -0.309 e. The molecule has 2 aromatic rings. The molecule has 0 amide bonds. The molecule has 1 unspecified atom stereocenters. The molecule has 3 nitrogen and oxygen atoms in total. The van der Waals surface area contributed by atoms with E-state index in [0.717, 1.165) is 23.7 Å². The second-order valence-electron chi connectivity index (χ2n) is 5.40. The Morgan fingerprint density at radius 2 is 2.35 bits per heavy atom. The molecule has 3 rings (SSSR count). The SMILES string of the molecule is CCCNC1CCCc2nc(-c3ncccc3C)sc21. The monoisotopic (exact) mass is 287 g/mol. The van der Waals surface area contributed by atoms with E-state index in [9.17, 15) is 0 Å². The average Bonchev–Trinajstić information content (AvgIpc) is 2.89. The maximum atomic E-state index is 4.86. The van der Waals surface area contributed by atoms with E-state index < -0.39 is 0 Å². The zero-order valence-corrected chi connectivity index (χ0v) is 13.0. The van der Waals surface area contributed by atoms with Crippen molar-refractivity contribution >= 4 is 11.3 Å². The number of rotatable bonds is 4. The van der Waals surface area contributed by atoms with Gasteiger partial charge < -0.3 is 5.32 Å². The van der Waals surface area contributed by atoms with Gasteiger partial charge in [0.1, 0.15) is 10.7 Å². The highest BCUT2D eigenvalue weighted by molar-refractivity contribution is 7.15. The summed E-state index contributed by atoms with van der Waals surface area (Å²) in [6.45, 7) is 5.40. The molecule has 2 aromatic heterocycles. The second-order valence-corrected chi connectivity index (χ2v) is 6.43. The Kier molecular flexibility index (Phi) is 4.13. The third kappa shape index (κ3) is 2.63. The lowest BCUT2D eigenvalue weighted by Gasteiger charge is -2.22. The van der Waals surface area contributed by atoms with Gasteiger partial charge >= 0.3 is 0 Å². The van der Waals surface area contributed by atoms with Crippen LogP contribution in [0.5, 0.6) is 0 Å². The van der Waals surface area contributed by atoms with Crippen LogP contribution in [0.1, 0.15) is 48.4 Å². The van der Waals surface area contributed by atoms with Crippen molar-refractivity contribution in [3.8, 4) is 10.7 Å². The van der Waals surface area contributed by atoms with Crippen LogP contribution in [0.2, 0.25) is 0 Å². The van der Waals surface area contributed by atoms with Gasteiger partial charge in [0.25, 0.3) is 0 Å². The lowest BCUT2D eigenvalue weighted by Crippen LogP contribution is -2.24. The van der Waals surface area contributed by atoms with E-state index in [-0.39, 0.29) is 0 Å². The van der Waals surface area contributed by atoms with E-state index in [1.165, 1.54) is 35.4 Å². The van der Waals surface area contributed by atoms with E-state index in [1.54, 1.807) is 0 Å². The second kappa shape index (κ2) is 6.02. The van der Waals surface area contributed by atoms with Crippen LogP contribution in [0.3, 0.4) is 0 Å². The van der Waals surface area contributed by atoms with Gasteiger partial charge in [0.2, 0.25) is 0 Å². The van der Waals surface area contributed by atoms with Crippen molar-refractivity contribution < 1.29 is 0 Å². The van der Waals surface area contributed by atoms with Gasteiger partial charge in [0.05, 0.1) is 5.69 Å². The van der Waals surface area contributed by atoms with E-state index in [2.05, 4.69) is 30.2 Å². The maximum absolute atomic E-state index is 4.86. The van der Waals surface area contributed by atoms with Gasteiger partial charge in [-0.05, 0) is 50.8 Å². The third-order valence-electron chi connectivity index (χ3n) is 3.80. The summed E-state index contributed by atoms with van der Waals surface area (Å²) >= 11 is 1.83. The molecule has 0 saturated carbocycles. The molecule has 0 spiro atoms. The summed E-state index contributed by atoms with van der Waals surface area (Å²) < 4.78 is 0. The molecule has 4 heteroatoms. The van der Waals surface area contributed by atoms with Crippen molar-refractivity contribution in [3.63, 3.8) is 0 Å². The lowest BCUT2D eigenvalue weighted by molar-refractivity contribution is 0.465. The van der Waals surface area contributed by atoms with Crippen molar-refractivity contribution in [2.24, 2.45) is 0 Å². The van der Waals surface area contributed by atoms with Gasteiger partial charge in [-0.15, -0.1) is 11.3 Å². The maximum Gasteiger partial charge on any atom is 0.142 e. The Labute approximate surface area is 124 Å². The first-order chi connectivity index (χ1) is 9.79. The van der Waals surface area contributed by atoms with Crippen LogP contribution in [0.25, 0.3) is 10.7 Å². The molecule has 0 saturated heterocycles. The standard InChI is InChI=1S/C16H21N3S/c1-3-9-17-12-7-4-8-13-15(12)20-16(19-13)14-11(2)6-5-10-18-14/h5-6,10,12,17H,3-4,7-9H2,1-2H3. The Morgan fingerprint density at radius 1 is 1.45 bits per heavy atom. The molecular weight excluding hydrogens is 266 g/mol. The summed E-state index contributed by atoms with van der Waals surface area (Å²) in [5.41, 5.74) is 3.53. The highest BCUT2D eigenvalue weighted by atomic mass is 32.1. The quantitative estimate of drug-likeness (QED) is 0.927. The third-order valence-corrected chi connectivity index (χ3v) is 5.02. The van der Waals surface area contributed by atoms with Gasteiger partial charge in [-0.1, -0.05) is 13.0 Å². The number of nitrogens with one attached hydrogen (secondary N) is 1. The van der Waals surface area contributed by atoms with Crippen LogP contribution in [0, 0.1) is 6.92 Å². The van der Waals surface area contributed by atoms with Crippen molar-refractivity contribution in [2.45, 2.75) is 45.6 Å². The van der Waals surface area contributed by atoms with E-state index in [4.69, 9.17) is 4.98 Å². The van der Waals surface area contributed by atoms with Crippen molar-refractivity contribution in [3.05, 3.63) is 34.5 Å². The van der Waals surface area contributed by atoms with Crippen LogP contribution in [-0.4, -0.2) is 16.5 Å². The molecule has 106 valence electrons. The number of fused-ring (bicyclic) bond motifs is 1. The summed E-state index contributed by atoms with van der Waals surface area (Å²) in [4.78, 5) is 10.8. The molecular formula is C16H21N3S. The van der Waals surface area contributed by atoms with E-state index in [1.807, 2.05) is 23.6 Å². The summed E-state index contributed by atoms with van der Waals surface area (Å²) in [7, 11) is 0. The predicted octanol–water partition coefficient (Wildman–Crippen LogP) is 3.89. The fourth-order valence-corrected chi connectivity index (χ4v) is 4.03. The van der Waals surface area contributed by atoms with Crippen LogP contribution < -0.4 is 5.32 Å². The lowest BCUT2D eigenvalue weighted by atomic mass is 9.98. The van der Waals surface area contributed by atoms with E-state index >= 15 is 0 Å². The van der Waals surface area contributed by atoms with E-state index in [0.29, 0.717) is 6.04 Å². The van der Waals surface area contributed by atoms with Crippen LogP contribution in [0.4, 0.5) is 0 Å². The van der Waals surface area contributed by atoms with Crippen LogP contribution >= 0.6 is 11.3 Å². The normalized spacial score (nSPS) is 18.0. The predicted molar refractivity (Wildman–Crippen MR) is 84.1 cm³/mol. The first-order valence-electron chi connectivity index (χ1n) is 7.44. The molecule has 1 aliphatic rings. The zero-order chi connectivity index (χ0) is 13.9. The van der Waals surface area contributed by atoms with Crippen molar-refractivity contribution in [2.75, 3.05) is 6.54 Å². The van der Waals surface area contributed by atoms with Gasteiger partial charge in [0, 0.05) is 17.1 Å². The molecule has 1 aliphatic carbocycles. The molecule has 1 atom stereocenters. The molecule has 2 heterocycles. The van der Waals surface area contributed by atoms with Crippen LogP contribution in [0.15, 0.2) is 18.3 Å². The molecule has 0 aromatic carbocycles. The van der Waals surface area contributed by atoms with Gasteiger partial charge in [0.15, 0.2) is 0 Å². The molecule has 0 radical (unpaired) electrons. The Balaban J connectivity index is 1.93. The summed E-state index contributed by atoms with van der Waals surface area (Å²) in [6, 6.07) is 4.59. The highest BCUT2D eigenvalue weighted by Crippen LogP contribution is 2.38. The fourth-order valence-electron chi connectivity index (χ4n) is 2.74. The number of aromatic nitrogens is 2. The van der Waals surface area contributed by atoms with Gasteiger partial charge in [-0.25, -0.2) is 4.98 Å². The summed E-state index contributed by atoms with van der Waals surface area (Å²) in [5.74, 6) is 0.